The summed E-state index contributed by atoms with van der Waals surface area (Å²) < 4.78 is 28.0. The molecule has 0 saturated heterocycles. The second-order valence-electron chi connectivity index (χ2n) is 5.61. The minimum Gasteiger partial charge on any atom is -0.389 e. The molecule has 1 aromatic rings. The topological polar surface area (TPSA) is 84.2 Å². The molecule has 7 heteroatoms. The van der Waals surface area contributed by atoms with Crippen LogP contribution in [0.5, 0.6) is 0 Å². The number of imidazole rings is 1. The van der Waals surface area contributed by atoms with Crippen LogP contribution in [0, 0.1) is 5.92 Å². The largest absolute Gasteiger partial charge is 0.389 e. The smallest absolute Gasteiger partial charge is 0.259 e. The lowest BCUT2D eigenvalue weighted by molar-refractivity contribution is -0.00183. The molecule has 0 aromatic carbocycles. The lowest BCUT2D eigenvalue weighted by atomic mass is 9.80. The van der Waals surface area contributed by atoms with Crippen molar-refractivity contribution >= 4 is 10.0 Å². The van der Waals surface area contributed by atoms with Crippen molar-refractivity contribution in [3.05, 3.63) is 12.5 Å². The molecule has 1 aliphatic rings. The Morgan fingerprint density at radius 3 is 2.68 bits per heavy atom. The average Bonchev–Trinajstić information content (AvgIpc) is 2.79. The van der Waals surface area contributed by atoms with Crippen molar-refractivity contribution < 1.29 is 13.5 Å². The SMILES string of the molecule is CC1CCC(O)(CNS(=O)(=O)c2cn(C)cn2)CC1. The Morgan fingerprint density at radius 2 is 2.16 bits per heavy atom. The summed E-state index contributed by atoms with van der Waals surface area (Å²) >= 11 is 0. The first kappa shape index (κ1) is 14.5. The second-order valence-corrected chi connectivity index (χ2v) is 7.32. The highest BCUT2D eigenvalue weighted by atomic mass is 32.2. The monoisotopic (exact) mass is 287 g/mol. The summed E-state index contributed by atoms with van der Waals surface area (Å²) in [5.74, 6) is 0.604. The molecule has 6 nitrogen and oxygen atoms in total. The average molecular weight is 287 g/mol. The summed E-state index contributed by atoms with van der Waals surface area (Å²) in [5, 5.41) is 10.3. The van der Waals surface area contributed by atoms with Gasteiger partial charge < -0.3 is 9.67 Å². The molecule has 1 fully saturated rings. The zero-order valence-corrected chi connectivity index (χ0v) is 12.2. The van der Waals surface area contributed by atoms with Crippen LogP contribution in [0.1, 0.15) is 32.6 Å². The summed E-state index contributed by atoms with van der Waals surface area (Å²) in [4.78, 5) is 3.82. The normalized spacial score (nSPS) is 28.5. The van der Waals surface area contributed by atoms with Gasteiger partial charge in [-0.05, 0) is 31.6 Å². The highest BCUT2D eigenvalue weighted by Crippen LogP contribution is 2.31. The molecule has 108 valence electrons. The summed E-state index contributed by atoms with van der Waals surface area (Å²) in [5.41, 5.74) is -0.922. The summed E-state index contributed by atoms with van der Waals surface area (Å²) in [7, 11) is -1.92. The minimum absolute atomic E-state index is 0.0113. The summed E-state index contributed by atoms with van der Waals surface area (Å²) in [6, 6.07) is 0. The Hall–Kier alpha value is -0.920. The third-order valence-corrected chi connectivity index (χ3v) is 5.04. The molecular weight excluding hydrogens is 266 g/mol. The van der Waals surface area contributed by atoms with Crippen molar-refractivity contribution in [2.45, 2.75) is 43.2 Å². The molecule has 0 amide bonds. The van der Waals surface area contributed by atoms with E-state index in [4.69, 9.17) is 0 Å². The van der Waals surface area contributed by atoms with E-state index < -0.39 is 15.6 Å². The number of sulfonamides is 1. The van der Waals surface area contributed by atoms with E-state index in [-0.39, 0.29) is 11.6 Å². The predicted octanol–water partition coefficient (Wildman–Crippen LogP) is 0.640. The summed E-state index contributed by atoms with van der Waals surface area (Å²) in [6.07, 6.45) is 6.02. The first-order chi connectivity index (χ1) is 8.81. The van der Waals surface area contributed by atoms with Gasteiger partial charge in [0.1, 0.15) is 0 Å². The molecule has 0 unspecified atom stereocenters. The summed E-state index contributed by atoms with van der Waals surface area (Å²) in [6.45, 7) is 2.20. The molecule has 0 bridgehead atoms. The van der Waals surface area contributed by atoms with Gasteiger partial charge in [-0.1, -0.05) is 6.92 Å². The van der Waals surface area contributed by atoms with Gasteiger partial charge in [0.05, 0.1) is 11.9 Å². The highest BCUT2D eigenvalue weighted by molar-refractivity contribution is 7.89. The fraction of sp³-hybridized carbons (Fsp3) is 0.750. The molecule has 1 heterocycles. The van der Waals surface area contributed by atoms with Gasteiger partial charge in [-0.2, -0.15) is 0 Å². The predicted molar refractivity (Wildman–Crippen MR) is 71.0 cm³/mol. The lowest BCUT2D eigenvalue weighted by Crippen LogP contribution is -2.45. The van der Waals surface area contributed by atoms with Crippen LogP contribution in [0.3, 0.4) is 0 Å². The molecule has 1 aliphatic carbocycles. The maximum absolute atomic E-state index is 12.0. The Bertz CT molecular complexity index is 530. The maximum Gasteiger partial charge on any atom is 0.259 e. The molecule has 0 spiro atoms. The van der Waals surface area contributed by atoms with Gasteiger partial charge in [0.15, 0.2) is 5.03 Å². The van der Waals surface area contributed by atoms with Crippen molar-refractivity contribution in [1.29, 1.82) is 0 Å². The highest BCUT2D eigenvalue weighted by Gasteiger charge is 2.33. The van der Waals surface area contributed by atoms with Crippen LogP contribution < -0.4 is 4.72 Å². The Kier molecular flexibility index (Phi) is 3.98. The van der Waals surface area contributed by atoms with Crippen LogP contribution in [0.25, 0.3) is 0 Å². The number of rotatable bonds is 4. The van der Waals surface area contributed by atoms with Gasteiger partial charge in [0.2, 0.25) is 0 Å². The van der Waals surface area contributed by atoms with Gasteiger partial charge in [-0.15, -0.1) is 0 Å². The molecule has 2 rings (SSSR count). The number of nitrogens with zero attached hydrogens (tertiary/aromatic N) is 2. The number of aryl methyl sites for hydroxylation is 1. The van der Waals surface area contributed by atoms with Gasteiger partial charge in [0.25, 0.3) is 10.0 Å². The number of nitrogens with one attached hydrogen (secondary N) is 1. The fourth-order valence-electron chi connectivity index (χ4n) is 2.31. The minimum atomic E-state index is -3.63. The van der Waals surface area contributed by atoms with E-state index in [1.54, 1.807) is 11.6 Å². The van der Waals surface area contributed by atoms with E-state index in [0.29, 0.717) is 18.8 Å². The van der Waals surface area contributed by atoms with Gasteiger partial charge >= 0.3 is 0 Å². The van der Waals surface area contributed by atoms with Crippen LogP contribution in [0.15, 0.2) is 17.6 Å². The van der Waals surface area contributed by atoms with Crippen LogP contribution >= 0.6 is 0 Å². The van der Waals surface area contributed by atoms with Gasteiger partial charge in [-0.3, -0.25) is 0 Å². The second kappa shape index (κ2) is 5.22. The van der Waals surface area contributed by atoms with E-state index >= 15 is 0 Å². The molecular formula is C12H21N3O3S. The first-order valence-electron chi connectivity index (χ1n) is 6.51. The van der Waals surface area contributed by atoms with Crippen LogP contribution in [0.2, 0.25) is 0 Å². The number of aromatic nitrogens is 2. The zero-order chi connectivity index (χ0) is 14.1. The van der Waals surface area contributed by atoms with Gasteiger partial charge in [0, 0.05) is 19.8 Å². The third-order valence-electron chi connectivity index (χ3n) is 3.75. The van der Waals surface area contributed by atoms with Crippen molar-refractivity contribution in [3.63, 3.8) is 0 Å². The quantitative estimate of drug-likeness (QED) is 0.851. The zero-order valence-electron chi connectivity index (χ0n) is 11.3. The van der Waals surface area contributed by atoms with E-state index in [9.17, 15) is 13.5 Å². The molecule has 1 aromatic heterocycles. The Morgan fingerprint density at radius 1 is 1.53 bits per heavy atom. The van der Waals surface area contributed by atoms with Crippen LogP contribution in [0.4, 0.5) is 0 Å². The molecule has 0 aliphatic heterocycles. The molecule has 2 N–H and O–H groups in total. The van der Waals surface area contributed by atoms with Crippen LogP contribution in [-0.2, 0) is 17.1 Å². The molecule has 0 atom stereocenters. The van der Waals surface area contributed by atoms with E-state index in [1.807, 2.05) is 0 Å². The van der Waals surface area contributed by atoms with E-state index in [2.05, 4.69) is 16.6 Å². The molecule has 19 heavy (non-hydrogen) atoms. The number of hydrogen-bond donors (Lipinski definition) is 2. The van der Waals surface area contributed by atoms with Gasteiger partial charge in [-0.25, -0.2) is 18.1 Å². The molecule has 1 saturated carbocycles. The van der Waals surface area contributed by atoms with Crippen molar-refractivity contribution in [3.8, 4) is 0 Å². The maximum atomic E-state index is 12.0. The molecule has 0 radical (unpaired) electrons. The Balaban J connectivity index is 1.98. The van der Waals surface area contributed by atoms with E-state index in [0.717, 1.165) is 12.8 Å². The van der Waals surface area contributed by atoms with Crippen LogP contribution in [-0.4, -0.2) is 35.2 Å². The number of hydrogen-bond acceptors (Lipinski definition) is 4. The first-order valence-corrected chi connectivity index (χ1v) is 7.99. The lowest BCUT2D eigenvalue weighted by Gasteiger charge is -2.34. The van der Waals surface area contributed by atoms with Crippen molar-refractivity contribution in [1.82, 2.24) is 14.3 Å². The number of aliphatic hydroxyl groups is 1. The fourth-order valence-corrected chi connectivity index (χ4v) is 3.40. The Labute approximate surface area is 113 Å². The van der Waals surface area contributed by atoms with Crippen molar-refractivity contribution in [2.24, 2.45) is 13.0 Å². The van der Waals surface area contributed by atoms with E-state index in [1.165, 1.54) is 12.5 Å². The third kappa shape index (κ3) is 3.55. The van der Waals surface area contributed by atoms with Crippen molar-refractivity contribution in [2.75, 3.05) is 6.54 Å². The standard InChI is InChI=1S/C12H21N3O3S/c1-10-3-5-12(16,6-4-10)8-14-19(17,18)11-7-15(2)9-13-11/h7,9-10,14,16H,3-6,8H2,1-2H3.